The van der Waals surface area contributed by atoms with Gasteiger partial charge in [-0.2, -0.15) is 5.26 Å². The van der Waals surface area contributed by atoms with E-state index in [0.717, 1.165) is 17.8 Å². The van der Waals surface area contributed by atoms with Crippen molar-refractivity contribution in [3.8, 4) is 17.9 Å². The van der Waals surface area contributed by atoms with Gasteiger partial charge in [-0.05, 0) is 37.5 Å². The van der Waals surface area contributed by atoms with Crippen LogP contribution in [0.4, 0.5) is 5.69 Å². The summed E-state index contributed by atoms with van der Waals surface area (Å²) in [6.45, 7) is 2.64. The van der Waals surface area contributed by atoms with Gasteiger partial charge in [0.05, 0.1) is 28.4 Å². The van der Waals surface area contributed by atoms with Crippen molar-refractivity contribution in [2.24, 2.45) is 11.1 Å². The van der Waals surface area contributed by atoms with E-state index in [1.54, 1.807) is 18.5 Å². The lowest BCUT2D eigenvalue weighted by atomic mass is 10.0. The number of rotatable bonds is 3. The molecule has 0 saturated heterocycles. The molecule has 1 aliphatic rings. The van der Waals surface area contributed by atoms with Gasteiger partial charge in [-0.25, -0.2) is 4.98 Å². The summed E-state index contributed by atoms with van der Waals surface area (Å²) in [5.41, 5.74) is 7.87. The molecule has 2 aromatic rings. The summed E-state index contributed by atoms with van der Waals surface area (Å²) in [6.07, 6.45) is 5.76. The van der Waals surface area contributed by atoms with Gasteiger partial charge < -0.3 is 11.1 Å². The lowest BCUT2D eigenvalue weighted by Crippen LogP contribution is -2.36. The normalized spacial score (nSPS) is 24.9. The fourth-order valence-electron chi connectivity index (χ4n) is 2.51. The zero-order chi connectivity index (χ0) is 16.3. The van der Waals surface area contributed by atoms with Crippen molar-refractivity contribution < 1.29 is 0 Å². The molecule has 0 aliphatic heterocycles. The number of aromatic nitrogens is 2. The topological polar surface area (TPSA) is 87.6 Å². The van der Waals surface area contributed by atoms with Crippen molar-refractivity contribution in [2.75, 3.05) is 11.9 Å². The minimum atomic E-state index is -0.391. The molecule has 0 bridgehead atoms. The molecule has 2 atom stereocenters. The fourth-order valence-corrected chi connectivity index (χ4v) is 2.51. The number of nitrogens with one attached hydrogen (secondary N) is 1. The Kier molecular flexibility index (Phi) is 3.73. The van der Waals surface area contributed by atoms with Crippen LogP contribution in [0.25, 0.3) is 0 Å². The van der Waals surface area contributed by atoms with Gasteiger partial charge in [-0.1, -0.05) is 12.0 Å². The van der Waals surface area contributed by atoms with Crippen LogP contribution in [0.5, 0.6) is 0 Å². The summed E-state index contributed by atoms with van der Waals surface area (Å²) >= 11 is 0. The minimum Gasteiger partial charge on any atom is -0.382 e. The average Bonchev–Trinajstić information content (AvgIpc) is 3.14. The third-order valence-corrected chi connectivity index (χ3v) is 4.25. The summed E-state index contributed by atoms with van der Waals surface area (Å²) in [5.74, 6) is 6.35. The smallest absolute Gasteiger partial charge is 0.113 e. The molecule has 3 rings (SSSR count). The summed E-state index contributed by atoms with van der Waals surface area (Å²) < 4.78 is 0. The summed E-state index contributed by atoms with van der Waals surface area (Å²) in [6, 6.07) is 9.50. The predicted molar refractivity (Wildman–Crippen MR) is 88.2 cm³/mol. The molecule has 2 heterocycles. The number of nitriles is 1. The molecule has 0 radical (unpaired) electrons. The largest absolute Gasteiger partial charge is 0.382 e. The maximum absolute atomic E-state index is 8.90. The summed E-state index contributed by atoms with van der Waals surface area (Å²) in [5, 5.41) is 12.2. The highest BCUT2D eigenvalue weighted by atomic mass is 15.0. The van der Waals surface area contributed by atoms with Gasteiger partial charge in [-0.3, -0.25) is 4.98 Å². The standard InChI is InChI=1S/C18H17N5/c1-17(6-5-15-4-2-3-7-22-15)12-18(17,20)13-23-16-8-14(9-19)10-21-11-16/h2-4,7-8,10-11,23H,12-13,20H2,1H3. The van der Waals surface area contributed by atoms with Crippen LogP contribution in [0.1, 0.15) is 24.6 Å². The van der Waals surface area contributed by atoms with Crippen molar-refractivity contribution >= 4 is 5.69 Å². The molecule has 1 aliphatic carbocycles. The molecule has 2 aromatic heterocycles. The van der Waals surface area contributed by atoms with Gasteiger partial charge in [-0.15, -0.1) is 0 Å². The van der Waals surface area contributed by atoms with Crippen molar-refractivity contribution in [3.63, 3.8) is 0 Å². The molecule has 3 N–H and O–H groups in total. The molecule has 0 aromatic carbocycles. The summed E-state index contributed by atoms with van der Waals surface area (Å²) in [4.78, 5) is 8.23. The zero-order valence-corrected chi connectivity index (χ0v) is 12.9. The highest BCUT2D eigenvalue weighted by molar-refractivity contribution is 5.48. The maximum Gasteiger partial charge on any atom is 0.113 e. The maximum atomic E-state index is 8.90. The quantitative estimate of drug-likeness (QED) is 0.846. The molecule has 114 valence electrons. The van der Waals surface area contributed by atoms with Gasteiger partial charge in [0.15, 0.2) is 0 Å². The highest BCUT2D eigenvalue weighted by Crippen LogP contribution is 2.53. The average molecular weight is 303 g/mol. The molecule has 5 heteroatoms. The predicted octanol–water partition coefficient (Wildman–Crippen LogP) is 1.92. The Morgan fingerprint density at radius 1 is 1.39 bits per heavy atom. The monoisotopic (exact) mass is 303 g/mol. The van der Waals surface area contributed by atoms with Gasteiger partial charge in [0, 0.05) is 18.9 Å². The van der Waals surface area contributed by atoms with Crippen LogP contribution in [0, 0.1) is 28.6 Å². The molecule has 1 saturated carbocycles. The molecule has 0 spiro atoms. The van der Waals surface area contributed by atoms with E-state index in [4.69, 9.17) is 11.0 Å². The Labute approximate surface area is 135 Å². The fraction of sp³-hybridized carbons (Fsp3) is 0.278. The second kappa shape index (κ2) is 5.72. The van der Waals surface area contributed by atoms with E-state index >= 15 is 0 Å². The molecule has 23 heavy (non-hydrogen) atoms. The first-order valence-corrected chi connectivity index (χ1v) is 7.37. The van der Waals surface area contributed by atoms with E-state index < -0.39 is 5.54 Å². The zero-order valence-electron chi connectivity index (χ0n) is 12.9. The van der Waals surface area contributed by atoms with Crippen LogP contribution in [-0.2, 0) is 0 Å². The van der Waals surface area contributed by atoms with Crippen LogP contribution in [0.3, 0.4) is 0 Å². The summed E-state index contributed by atoms with van der Waals surface area (Å²) in [7, 11) is 0. The second-order valence-corrected chi connectivity index (χ2v) is 6.06. The first-order chi connectivity index (χ1) is 11.0. The first-order valence-electron chi connectivity index (χ1n) is 7.37. The van der Waals surface area contributed by atoms with E-state index in [2.05, 4.69) is 40.1 Å². The van der Waals surface area contributed by atoms with E-state index in [9.17, 15) is 0 Å². The van der Waals surface area contributed by atoms with E-state index in [1.807, 2.05) is 18.2 Å². The van der Waals surface area contributed by atoms with Crippen LogP contribution in [-0.4, -0.2) is 22.1 Å². The number of nitrogens with zero attached hydrogens (tertiary/aromatic N) is 3. The lowest BCUT2D eigenvalue weighted by Gasteiger charge is -2.16. The number of hydrogen-bond donors (Lipinski definition) is 2. The van der Waals surface area contributed by atoms with Crippen molar-refractivity contribution in [1.82, 2.24) is 9.97 Å². The number of anilines is 1. The molecular weight excluding hydrogens is 286 g/mol. The van der Waals surface area contributed by atoms with Crippen LogP contribution < -0.4 is 11.1 Å². The van der Waals surface area contributed by atoms with Gasteiger partial charge in [0.1, 0.15) is 11.8 Å². The Balaban J connectivity index is 1.65. The van der Waals surface area contributed by atoms with Gasteiger partial charge >= 0.3 is 0 Å². The van der Waals surface area contributed by atoms with Crippen molar-refractivity contribution in [2.45, 2.75) is 18.9 Å². The lowest BCUT2D eigenvalue weighted by molar-refractivity contribution is 0.576. The molecule has 5 nitrogen and oxygen atoms in total. The van der Waals surface area contributed by atoms with Crippen LogP contribution in [0.15, 0.2) is 42.9 Å². The van der Waals surface area contributed by atoms with E-state index in [-0.39, 0.29) is 5.41 Å². The van der Waals surface area contributed by atoms with Gasteiger partial charge in [0.2, 0.25) is 0 Å². The van der Waals surface area contributed by atoms with E-state index in [0.29, 0.717) is 12.1 Å². The van der Waals surface area contributed by atoms with Crippen LogP contribution >= 0.6 is 0 Å². The molecule has 1 fully saturated rings. The van der Waals surface area contributed by atoms with E-state index in [1.165, 1.54) is 6.20 Å². The Hall–Kier alpha value is -2.89. The van der Waals surface area contributed by atoms with Crippen molar-refractivity contribution in [3.05, 3.63) is 54.1 Å². The first kappa shape index (κ1) is 15.0. The number of pyridine rings is 2. The molecular formula is C18H17N5. The highest BCUT2D eigenvalue weighted by Gasteiger charge is 2.61. The van der Waals surface area contributed by atoms with Gasteiger partial charge in [0.25, 0.3) is 0 Å². The number of hydrogen-bond acceptors (Lipinski definition) is 5. The second-order valence-electron chi connectivity index (χ2n) is 6.06. The van der Waals surface area contributed by atoms with Crippen molar-refractivity contribution in [1.29, 1.82) is 5.26 Å². The molecule has 0 amide bonds. The third kappa shape index (κ3) is 3.15. The Morgan fingerprint density at radius 2 is 2.26 bits per heavy atom. The Bertz CT molecular complexity index is 815. The Morgan fingerprint density at radius 3 is 3.00 bits per heavy atom. The number of nitrogens with two attached hydrogens (primary N) is 1. The molecule has 2 unspecified atom stereocenters. The van der Waals surface area contributed by atoms with Crippen LogP contribution in [0.2, 0.25) is 0 Å². The third-order valence-electron chi connectivity index (χ3n) is 4.25. The minimum absolute atomic E-state index is 0.238. The SMILES string of the molecule is CC1(C#Cc2ccccn2)CC1(N)CNc1cncc(C#N)c1.